The number of nitrogens with two attached hydrogens (primary N) is 2. The average Bonchev–Trinajstić information content (AvgIpc) is 2.41. The summed E-state index contributed by atoms with van der Waals surface area (Å²) in [6, 6.07) is 12.3. The van der Waals surface area contributed by atoms with E-state index in [1.165, 1.54) is 35.1 Å². The topological polar surface area (TPSA) is 52.0 Å². The molecule has 0 saturated carbocycles. The summed E-state index contributed by atoms with van der Waals surface area (Å²) < 4.78 is 0. The fraction of sp³-hybridized carbons (Fsp3) is 0.250. The fourth-order valence-electron chi connectivity index (χ4n) is 2.83. The lowest BCUT2D eigenvalue weighted by atomic mass is 9.85. The summed E-state index contributed by atoms with van der Waals surface area (Å²) in [6.07, 6.45) is 4.77. The normalized spacial score (nSPS) is 12.8. The maximum Gasteiger partial charge on any atom is 0.0349 e. The molecule has 2 nitrogen and oxygen atoms in total. The molecule has 1 aliphatic carbocycles. The maximum atomic E-state index is 6.09. The minimum absolute atomic E-state index is 0. The number of nitrogen functional groups attached to an aromatic ring is 2. The molecule has 0 atom stereocenters. The Balaban J connectivity index is 0.000001000. The van der Waals surface area contributed by atoms with Gasteiger partial charge in [-0.05, 0) is 66.1 Å². The molecule has 4 heteroatoms. The van der Waals surface area contributed by atoms with Crippen molar-refractivity contribution in [3.63, 3.8) is 0 Å². The molecule has 0 spiro atoms. The highest BCUT2D eigenvalue weighted by Gasteiger charge is 2.16. The molecule has 0 aliphatic heterocycles. The standard InChI is InChI=1S/C16H18N2.2ClH/c17-12-7-5-11(6-8-12)13-9-10-16(18)15-4-2-1-3-14(13)15;;/h5-10H,1-4,17-18H2;2*1H. The van der Waals surface area contributed by atoms with E-state index in [-0.39, 0.29) is 24.8 Å². The molecule has 0 heterocycles. The van der Waals surface area contributed by atoms with Crippen LogP contribution in [0.25, 0.3) is 11.1 Å². The average molecular weight is 311 g/mol. The molecular formula is C16H20Cl2N2. The molecule has 2 aromatic rings. The van der Waals surface area contributed by atoms with Gasteiger partial charge in [0.05, 0.1) is 0 Å². The summed E-state index contributed by atoms with van der Waals surface area (Å²) in [4.78, 5) is 0. The zero-order valence-corrected chi connectivity index (χ0v) is 12.9. The summed E-state index contributed by atoms with van der Waals surface area (Å²) in [5.74, 6) is 0. The van der Waals surface area contributed by atoms with Gasteiger partial charge in [-0.1, -0.05) is 18.2 Å². The monoisotopic (exact) mass is 310 g/mol. The summed E-state index contributed by atoms with van der Waals surface area (Å²) >= 11 is 0. The number of halogens is 2. The molecule has 0 bridgehead atoms. The van der Waals surface area contributed by atoms with Crippen molar-refractivity contribution in [3.05, 3.63) is 47.5 Å². The minimum Gasteiger partial charge on any atom is -0.399 e. The second-order valence-electron chi connectivity index (χ2n) is 4.99. The molecule has 0 amide bonds. The minimum atomic E-state index is 0. The number of hydrogen-bond acceptors (Lipinski definition) is 2. The third-order valence-corrected chi connectivity index (χ3v) is 3.79. The molecule has 3 rings (SSSR count). The lowest BCUT2D eigenvalue weighted by Gasteiger charge is -2.21. The summed E-state index contributed by atoms with van der Waals surface area (Å²) in [7, 11) is 0. The Labute approximate surface area is 132 Å². The summed E-state index contributed by atoms with van der Waals surface area (Å²) in [6.45, 7) is 0. The van der Waals surface area contributed by atoms with Crippen LogP contribution in [-0.4, -0.2) is 0 Å². The zero-order chi connectivity index (χ0) is 12.5. The van der Waals surface area contributed by atoms with Gasteiger partial charge in [0.1, 0.15) is 0 Å². The SMILES string of the molecule is Cl.Cl.Nc1ccc(-c2ccc(N)c3c2CCCC3)cc1. The van der Waals surface area contributed by atoms with Crippen LogP contribution in [0.3, 0.4) is 0 Å². The third kappa shape index (κ3) is 3.02. The maximum absolute atomic E-state index is 6.09. The molecule has 0 aromatic heterocycles. The van der Waals surface area contributed by atoms with E-state index in [2.05, 4.69) is 18.2 Å². The van der Waals surface area contributed by atoms with Gasteiger partial charge >= 0.3 is 0 Å². The third-order valence-electron chi connectivity index (χ3n) is 3.79. The second-order valence-corrected chi connectivity index (χ2v) is 4.99. The summed E-state index contributed by atoms with van der Waals surface area (Å²) in [5, 5.41) is 0. The Morgan fingerprint density at radius 1 is 0.700 bits per heavy atom. The molecule has 0 unspecified atom stereocenters. The van der Waals surface area contributed by atoms with E-state index in [0.29, 0.717) is 0 Å². The van der Waals surface area contributed by atoms with Crippen LogP contribution in [-0.2, 0) is 12.8 Å². The predicted octanol–water partition coefficient (Wildman–Crippen LogP) is 4.24. The molecule has 0 fully saturated rings. The molecule has 4 N–H and O–H groups in total. The van der Waals surface area contributed by atoms with Crippen LogP contribution in [0.15, 0.2) is 36.4 Å². The number of benzene rings is 2. The van der Waals surface area contributed by atoms with Crippen molar-refractivity contribution in [2.24, 2.45) is 0 Å². The number of rotatable bonds is 1. The van der Waals surface area contributed by atoms with Gasteiger partial charge in [0.25, 0.3) is 0 Å². The highest BCUT2D eigenvalue weighted by Crippen LogP contribution is 2.34. The van der Waals surface area contributed by atoms with E-state index in [9.17, 15) is 0 Å². The van der Waals surface area contributed by atoms with Gasteiger partial charge in [-0.2, -0.15) is 0 Å². The molecule has 20 heavy (non-hydrogen) atoms. The van der Waals surface area contributed by atoms with E-state index in [4.69, 9.17) is 11.5 Å². The number of hydrogen-bond donors (Lipinski definition) is 2. The molecule has 1 aliphatic rings. The van der Waals surface area contributed by atoms with Crippen molar-refractivity contribution in [1.29, 1.82) is 0 Å². The summed E-state index contributed by atoms with van der Waals surface area (Å²) in [5.41, 5.74) is 18.9. The van der Waals surface area contributed by atoms with Crippen LogP contribution in [0.2, 0.25) is 0 Å². The van der Waals surface area contributed by atoms with Gasteiger partial charge in [0.2, 0.25) is 0 Å². The Kier molecular flexibility index (Phi) is 5.73. The van der Waals surface area contributed by atoms with Crippen molar-refractivity contribution in [2.45, 2.75) is 25.7 Å². The number of anilines is 2. The van der Waals surface area contributed by atoms with Gasteiger partial charge in [0, 0.05) is 11.4 Å². The molecule has 0 radical (unpaired) electrons. The predicted molar refractivity (Wildman–Crippen MR) is 91.8 cm³/mol. The van der Waals surface area contributed by atoms with Crippen LogP contribution < -0.4 is 11.5 Å². The first-order valence-electron chi connectivity index (χ1n) is 6.52. The Morgan fingerprint density at radius 2 is 1.30 bits per heavy atom. The van der Waals surface area contributed by atoms with Crippen molar-refractivity contribution in [3.8, 4) is 11.1 Å². The van der Waals surface area contributed by atoms with Crippen LogP contribution in [0, 0.1) is 0 Å². The van der Waals surface area contributed by atoms with E-state index in [1.807, 2.05) is 18.2 Å². The lowest BCUT2D eigenvalue weighted by Crippen LogP contribution is -2.07. The first-order valence-corrected chi connectivity index (χ1v) is 6.52. The van der Waals surface area contributed by atoms with Crippen LogP contribution in [0.4, 0.5) is 11.4 Å². The van der Waals surface area contributed by atoms with Crippen LogP contribution in [0.5, 0.6) is 0 Å². The van der Waals surface area contributed by atoms with Crippen molar-refractivity contribution in [1.82, 2.24) is 0 Å². The van der Waals surface area contributed by atoms with Gasteiger partial charge in [0.15, 0.2) is 0 Å². The van der Waals surface area contributed by atoms with Crippen LogP contribution >= 0.6 is 24.8 Å². The van der Waals surface area contributed by atoms with E-state index in [0.717, 1.165) is 24.2 Å². The van der Waals surface area contributed by atoms with Gasteiger partial charge in [-0.15, -0.1) is 24.8 Å². The van der Waals surface area contributed by atoms with E-state index in [1.54, 1.807) is 0 Å². The van der Waals surface area contributed by atoms with Crippen molar-refractivity contribution >= 4 is 36.2 Å². The van der Waals surface area contributed by atoms with Gasteiger partial charge in [-0.3, -0.25) is 0 Å². The van der Waals surface area contributed by atoms with Crippen LogP contribution in [0.1, 0.15) is 24.0 Å². The zero-order valence-electron chi connectivity index (χ0n) is 11.3. The molecule has 2 aromatic carbocycles. The fourth-order valence-corrected chi connectivity index (χ4v) is 2.83. The van der Waals surface area contributed by atoms with E-state index < -0.39 is 0 Å². The van der Waals surface area contributed by atoms with Gasteiger partial charge in [-0.25, -0.2) is 0 Å². The smallest absolute Gasteiger partial charge is 0.0349 e. The second kappa shape index (κ2) is 6.87. The molecule has 0 saturated heterocycles. The molecule has 108 valence electrons. The van der Waals surface area contributed by atoms with E-state index >= 15 is 0 Å². The Hall–Kier alpha value is -1.38. The van der Waals surface area contributed by atoms with Crippen molar-refractivity contribution in [2.75, 3.05) is 11.5 Å². The Morgan fingerprint density at radius 3 is 1.95 bits per heavy atom. The lowest BCUT2D eigenvalue weighted by molar-refractivity contribution is 0.688. The highest BCUT2D eigenvalue weighted by molar-refractivity contribution is 5.85. The van der Waals surface area contributed by atoms with Gasteiger partial charge < -0.3 is 11.5 Å². The quantitative estimate of drug-likeness (QED) is 0.774. The molecular weight excluding hydrogens is 291 g/mol. The first kappa shape index (κ1) is 16.7. The largest absolute Gasteiger partial charge is 0.399 e. The number of fused-ring (bicyclic) bond motifs is 1. The van der Waals surface area contributed by atoms with Crippen molar-refractivity contribution < 1.29 is 0 Å². The highest BCUT2D eigenvalue weighted by atomic mass is 35.5. The Bertz CT molecular complexity index is 580. The first-order chi connectivity index (χ1) is 8.75.